The first kappa shape index (κ1) is 17.5. The van der Waals surface area contributed by atoms with Gasteiger partial charge in [0.1, 0.15) is 0 Å². The van der Waals surface area contributed by atoms with Crippen LogP contribution in [0.25, 0.3) is 5.69 Å². The molecule has 3 N–H and O–H groups in total. The number of amides is 1. The lowest BCUT2D eigenvalue weighted by molar-refractivity contribution is 0.0943. The standard InChI is InChI=1S/C19H26N4O2/c1-13(2)15-3-5-16(6-4-15)23-12-17(24)18(22-23)19(25)21-10-8-14-7-9-20-11-14/h3-6,12-14,20,24H,7-11H2,1-2H3,(H,21,25). The molecule has 2 heterocycles. The summed E-state index contributed by atoms with van der Waals surface area (Å²) in [6, 6.07) is 7.95. The normalized spacial score (nSPS) is 17.2. The van der Waals surface area contributed by atoms with E-state index in [0.29, 0.717) is 18.4 Å². The molecule has 0 saturated carbocycles. The topological polar surface area (TPSA) is 79.2 Å². The molecular formula is C19H26N4O2. The average Bonchev–Trinajstić information content (AvgIpc) is 3.24. The second-order valence-electron chi connectivity index (χ2n) is 6.96. The van der Waals surface area contributed by atoms with E-state index in [1.807, 2.05) is 24.3 Å². The lowest BCUT2D eigenvalue weighted by Gasteiger charge is -2.08. The molecule has 1 aliphatic heterocycles. The summed E-state index contributed by atoms with van der Waals surface area (Å²) in [5, 5.41) is 20.5. The molecule has 3 rings (SSSR count). The SMILES string of the molecule is CC(C)c1ccc(-n2cc(O)c(C(=O)NCCC3CCNC3)n2)cc1. The van der Waals surface area contributed by atoms with E-state index < -0.39 is 0 Å². The lowest BCUT2D eigenvalue weighted by Crippen LogP contribution is -2.27. The predicted molar refractivity (Wildman–Crippen MR) is 97.2 cm³/mol. The van der Waals surface area contributed by atoms with Gasteiger partial charge < -0.3 is 15.7 Å². The number of nitrogens with one attached hydrogen (secondary N) is 2. The van der Waals surface area contributed by atoms with Crippen molar-refractivity contribution in [2.45, 2.75) is 32.6 Å². The first-order valence-electron chi connectivity index (χ1n) is 8.92. The van der Waals surface area contributed by atoms with Crippen LogP contribution in [-0.2, 0) is 0 Å². The fraction of sp³-hybridized carbons (Fsp3) is 0.474. The molecule has 1 amide bonds. The van der Waals surface area contributed by atoms with Gasteiger partial charge in [0.05, 0.1) is 11.9 Å². The number of rotatable bonds is 6. The first-order valence-corrected chi connectivity index (χ1v) is 8.92. The molecule has 1 atom stereocenters. The van der Waals surface area contributed by atoms with E-state index >= 15 is 0 Å². The zero-order chi connectivity index (χ0) is 17.8. The van der Waals surface area contributed by atoms with Gasteiger partial charge in [-0.25, -0.2) is 4.68 Å². The Labute approximate surface area is 148 Å². The molecule has 0 spiro atoms. The van der Waals surface area contributed by atoms with E-state index in [1.165, 1.54) is 16.4 Å². The van der Waals surface area contributed by atoms with E-state index in [1.54, 1.807) is 0 Å². The Hall–Kier alpha value is -2.34. The highest BCUT2D eigenvalue weighted by atomic mass is 16.3. The number of hydrogen-bond acceptors (Lipinski definition) is 4. The van der Waals surface area contributed by atoms with Crippen LogP contribution in [0.4, 0.5) is 0 Å². The maximum Gasteiger partial charge on any atom is 0.275 e. The van der Waals surface area contributed by atoms with Crippen molar-refractivity contribution in [1.29, 1.82) is 0 Å². The maximum absolute atomic E-state index is 12.3. The van der Waals surface area contributed by atoms with E-state index in [9.17, 15) is 9.90 Å². The fourth-order valence-electron chi connectivity index (χ4n) is 3.11. The second kappa shape index (κ2) is 7.70. The molecule has 2 aromatic rings. The van der Waals surface area contributed by atoms with Crippen molar-refractivity contribution in [3.63, 3.8) is 0 Å². The number of aromatic nitrogens is 2. The molecule has 1 aliphatic rings. The summed E-state index contributed by atoms with van der Waals surface area (Å²) in [4.78, 5) is 12.3. The molecule has 1 aromatic heterocycles. The predicted octanol–water partition coefficient (Wildman–Crippen LogP) is 2.43. The van der Waals surface area contributed by atoms with Gasteiger partial charge in [-0.1, -0.05) is 26.0 Å². The maximum atomic E-state index is 12.3. The van der Waals surface area contributed by atoms with Crippen LogP contribution in [0, 0.1) is 5.92 Å². The van der Waals surface area contributed by atoms with Crippen molar-refractivity contribution in [1.82, 2.24) is 20.4 Å². The lowest BCUT2D eigenvalue weighted by atomic mass is 10.0. The largest absolute Gasteiger partial charge is 0.504 e. The first-order chi connectivity index (χ1) is 12.0. The summed E-state index contributed by atoms with van der Waals surface area (Å²) in [6.45, 7) is 6.94. The van der Waals surface area contributed by atoms with Gasteiger partial charge in [-0.15, -0.1) is 0 Å². The molecule has 25 heavy (non-hydrogen) atoms. The van der Waals surface area contributed by atoms with Gasteiger partial charge in [-0.05, 0) is 55.5 Å². The van der Waals surface area contributed by atoms with Gasteiger partial charge >= 0.3 is 0 Å². The van der Waals surface area contributed by atoms with Gasteiger partial charge in [-0.3, -0.25) is 4.79 Å². The minimum atomic E-state index is -0.332. The van der Waals surface area contributed by atoms with Crippen molar-refractivity contribution in [2.75, 3.05) is 19.6 Å². The number of nitrogens with zero attached hydrogens (tertiary/aromatic N) is 2. The minimum absolute atomic E-state index is 0.0671. The summed E-state index contributed by atoms with van der Waals surface area (Å²) < 4.78 is 1.54. The molecule has 0 radical (unpaired) electrons. The van der Waals surface area contributed by atoms with Crippen molar-refractivity contribution >= 4 is 5.91 Å². The van der Waals surface area contributed by atoms with E-state index in [4.69, 9.17) is 0 Å². The van der Waals surface area contributed by atoms with Crippen LogP contribution in [-0.4, -0.2) is 40.4 Å². The average molecular weight is 342 g/mol. The van der Waals surface area contributed by atoms with Crippen LogP contribution < -0.4 is 10.6 Å². The molecule has 1 unspecified atom stereocenters. The van der Waals surface area contributed by atoms with E-state index in [0.717, 1.165) is 31.6 Å². The van der Waals surface area contributed by atoms with Crippen molar-refractivity contribution < 1.29 is 9.90 Å². The van der Waals surface area contributed by atoms with Crippen LogP contribution in [0.5, 0.6) is 5.75 Å². The third-order valence-electron chi connectivity index (χ3n) is 4.73. The molecule has 1 aromatic carbocycles. The van der Waals surface area contributed by atoms with Crippen LogP contribution in [0.1, 0.15) is 48.7 Å². The Balaban J connectivity index is 1.63. The Kier molecular flexibility index (Phi) is 5.38. The molecule has 0 bridgehead atoms. The van der Waals surface area contributed by atoms with Crippen molar-refractivity contribution in [2.24, 2.45) is 5.92 Å². The smallest absolute Gasteiger partial charge is 0.275 e. The third kappa shape index (κ3) is 4.20. The monoisotopic (exact) mass is 342 g/mol. The molecule has 1 fully saturated rings. The fourth-order valence-corrected chi connectivity index (χ4v) is 3.11. The number of aromatic hydroxyl groups is 1. The molecule has 1 saturated heterocycles. The zero-order valence-corrected chi connectivity index (χ0v) is 14.8. The van der Waals surface area contributed by atoms with Crippen molar-refractivity contribution in [3.8, 4) is 11.4 Å². The minimum Gasteiger partial charge on any atom is -0.504 e. The van der Waals surface area contributed by atoms with Gasteiger partial charge in [0.25, 0.3) is 5.91 Å². The number of carbonyl (C=O) groups is 1. The zero-order valence-electron chi connectivity index (χ0n) is 14.8. The van der Waals surface area contributed by atoms with Crippen molar-refractivity contribution in [3.05, 3.63) is 41.7 Å². The Morgan fingerprint density at radius 3 is 2.80 bits per heavy atom. The summed E-state index contributed by atoms with van der Waals surface area (Å²) in [7, 11) is 0. The number of carbonyl (C=O) groups excluding carboxylic acids is 1. The van der Waals surface area contributed by atoms with Gasteiger partial charge in [-0.2, -0.15) is 5.10 Å². The van der Waals surface area contributed by atoms with Gasteiger partial charge in [0.2, 0.25) is 0 Å². The summed E-state index contributed by atoms with van der Waals surface area (Å²) >= 11 is 0. The molecule has 6 heteroatoms. The van der Waals surface area contributed by atoms with E-state index in [2.05, 4.69) is 29.6 Å². The summed E-state index contributed by atoms with van der Waals surface area (Å²) in [6.07, 6.45) is 3.57. The highest BCUT2D eigenvalue weighted by Gasteiger charge is 2.18. The van der Waals surface area contributed by atoms with Crippen LogP contribution in [0.3, 0.4) is 0 Å². The Morgan fingerprint density at radius 2 is 2.16 bits per heavy atom. The van der Waals surface area contributed by atoms with Gasteiger partial charge in [0.15, 0.2) is 11.4 Å². The number of hydrogen-bond donors (Lipinski definition) is 3. The third-order valence-corrected chi connectivity index (χ3v) is 4.73. The highest BCUT2D eigenvalue weighted by molar-refractivity contribution is 5.94. The highest BCUT2D eigenvalue weighted by Crippen LogP contribution is 2.20. The van der Waals surface area contributed by atoms with E-state index in [-0.39, 0.29) is 17.4 Å². The molecular weight excluding hydrogens is 316 g/mol. The van der Waals surface area contributed by atoms with Crippen LogP contribution in [0.15, 0.2) is 30.5 Å². The van der Waals surface area contributed by atoms with Crippen LogP contribution in [0.2, 0.25) is 0 Å². The quantitative estimate of drug-likeness (QED) is 0.753. The second-order valence-corrected chi connectivity index (χ2v) is 6.96. The summed E-state index contributed by atoms with van der Waals surface area (Å²) in [5.41, 5.74) is 2.12. The molecule has 0 aliphatic carbocycles. The van der Waals surface area contributed by atoms with Gasteiger partial charge in [0, 0.05) is 6.54 Å². The summed E-state index contributed by atoms with van der Waals surface area (Å²) in [5.74, 6) is 0.636. The molecule has 6 nitrogen and oxygen atoms in total. The number of benzene rings is 1. The molecule has 134 valence electrons. The Bertz CT molecular complexity index is 716. The Morgan fingerprint density at radius 1 is 1.40 bits per heavy atom. The van der Waals surface area contributed by atoms with Crippen LogP contribution >= 0.6 is 0 Å².